The smallest absolute Gasteiger partial charge is 0.407 e. The van der Waals surface area contributed by atoms with Gasteiger partial charge in [-0.25, -0.2) is 9.78 Å². The number of methoxy groups -OCH3 is 1. The molecule has 37 heavy (non-hydrogen) atoms. The Balaban J connectivity index is 1.60. The number of nitro groups is 1. The third-order valence-electron chi connectivity index (χ3n) is 5.59. The van der Waals surface area contributed by atoms with E-state index in [2.05, 4.69) is 10.6 Å². The summed E-state index contributed by atoms with van der Waals surface area (Å²) in [5.74, 6) is -0.396. The van der Waals surface area contributed by atoms with E-state index >= 15 is 0 Å². The van der Waals surface area contributed by atoms with E-state index in [1.54, 1.807) is 23.5 Å². The molecule has 2 N–H and O–H groups in total. The topological polar surface area (TPSA) is 123 Å². The van der Waals surface area contributed by atoms with Crippen LogP contribution in [0.2, 0.25) is 0 Å². The van der Waals surface area contributed by atoms with Crippen LogP contribution < -0.4 is 10.6 Å². The zero-order chi connectivity index (χ0) is 26.2. The van der Waals surface area contributed by atoms with Crippen molar-refractivity contribution in [3.63, 3.8) is 0 Å². The molecule has 0 radical (unpaired) electrons. The van der Waals surface area contributed by atoms with Gasteiger partial charge in [-0.05, 0) is 29.0 Å². The minimum absolute atomic E-state index is 0.0109. The highest BCUT2D eigenvalue weighted by Gasteiger charge is 2.26. The molecule has 4 rings (SSSR count). The van der Waals surface area contributed by atoms with Crippen LogP contribution in [0.25, 0.3) is 9.88 Å². The van der Waals surface area contributed by atoms with E-state index in [0.29, 0.717) is 12.1 Å². The summed E-state index contributed by atoms with van der Waals surface area (Å²) in [6.07, 6.45) is -0.0893. The van der Waals surface area contributed by atoms with Gasteiger partial charge in [0, 0.05) is 23.9 Å². The van der Waals surface area contributed by atoms with E-state index in [9.17, 15) is 19.7 Å². The number of carbonyl (C=O) groups is 2. The second-order valence-electron chi connectivity index (χ2n) is 8.12. The van der Waals surface area contributed by atoms with Gasteiger partial charge in [-0.2, -0.15) is 0 Å². The van der Waals surface area contributed by atoms with E-state index in [1.807, 2.05) is 53.2 Å². The molecule has 0 fully saturated rings. The second-order valence-corrected chi connectivity index (χ2v) is 9.93. The average Bonchev–Trinajstić information content (AvgIpc) is 3.61. The molecule has 9 nitrogen and oxygen atoms in total. The number of carbonyl (C=O) groups excluding carboxylic acids is 2. The molecule has 2 amide bonds. The SMILES string of the molecule is COC(=O)N[C@@H](Cc1ccccc1)C(=O)NC(Cc1ccc([N+](=O)[O-])cc1)c1csc(-c2cccs2)n1. The lowest BCUT2D eigenvalue weighted by Gasteiger charge is -2.22. The molecule has 0 bridgehead atoms. The van der Waals surface area contributed by atoms with Gasteiger partial charge in [0.2, 0.25) is 5.91 Å². The Kier molecular flexibility index (Phi) is 8.60. The number of alkyl carbamates (subject to hydrolysis) is 1. The van der Waals surface area contributed by atoms with Crippen LogP contribution >= 0.6 is 22.7 Å². The molecule has 190 valence electrons. The number of nitrogens with one attached hydrogen (secondary N) is 2. The van der Waals surface area contributed by atoms with Gasteiger partial charge >= 0.3 is 6.09 Å². The fraction of sp³-hybridized carbons (Fsp3) is 0.192. The molecular formula is C26H24N4O5S2. The Bertz CT molecular complexity index is 1340. The summed E-state index contributed by atoms with van der Waals surface area (Å²) in [7, 11) is 1.24. The van der Waals surface area contributed by atoms with Crippen molar-refractivity contribution < 1.29 is 19.2 Å². The highest BCUT2D eigenvalue weighted by Crippen LogP contribution is 2.31. The first-order valence-corrected chi connectivity index (χ1v) is 13.1. The maximum atomic E-state index is 13.5. The Morgan fingerprint density at radius 1 is 0.973 bits per heavy atom. The van der Waals surface area contributed by atoms with Crippen molar-refractivity contribution in [3.8, 4) is 9.88 Å². The quantitative estimate of drug-likeness (QED) is 0.213. The Labute approximate surface area is 221 Å². The van der Waals surface area contributed by atoms with Gasteiger partial charge in [0.15, 0.2) is 0 Å². The number of non-ortho nitro benzene ring substituents is 1. The number of rotatable bonds is 10. The largest absolute Gasteiger partial charge is 0.453 e. The number of nitro benzene ring substituents is 1. The van der Waals surface area contributed by atoms with Gasteiger partial charge in [-0.3, -0.25) is 14.9 Å². The number of nitrogens with zero attached hydrogens (tertiary/aromatic N) is 2. The van der Waals surface area contributed by atoms with Crippen LogP contribution in [-0.4, -0.2) is 35.1 Å². The standard InChI is InChI=1S/C26H24N4O5S2/c1-35-26(32)29-21(15-17-6-3-2-4-7-17)24(31)27-20(14-18-9-11-19(12-10-18)30(33)34)22-16-37-25(28-22)23-8-5-13-36-23/h2-13,16,20-21H,14-15H2,1H3,(H,27,31)(H,29,32)/t20?,21-/m0/s1. The highest BCUT2D eigenvalue weighted by atomic mass is 32.1. The lowest BCUT2D eigenvalue weighted by molar-refractivity contribution is -0.384. The predicted molar refractivity (Wildman–Crippen MR) is 143 cm³/mol. The van der Waals surface area contributed by atoms with Crippen LogP contribution in [0.5, 0.6) is 0 Å². The van der Waals surface area contributed by atoms with Gasteiger partial charge in [0.1, 0.15) is 11.0 Å². The van der Waals surface area contributed by atoms with Crippen molar-refractivity contribution in [3.05, 3.63) is 104 Å². The molecule has 4 aromatic rings. The van der Waals surface area contributed by atoms with Crippen molar-refractivity contribution in [1.29, 1.82) is 0 Å². The number of thiophene rings is 1. The van der Waals surface area contributed by atoms with Crippen LogP contribution in [0.15, 0.2) is 77.5 Å². The van der Waals surface area contributed by atoms with Crippen molar-refractivity contribution in [1.82, 2.24) is 15.6 Å². The summed E-state index contributed by atoms with van der Waals surface area (Å²) in [5.41, 5.74) is 2.32. The maximum absolute atomic E-state index is 13.5. The Hall–Kier alpha value is -4.09. The number of benzene rings is 2. The van der Waals surface area contributed by atoms with Crippen molar-refractivity contribution >= 4 is 40.4 Å². The van der Waals surface area contributed by atoms with Gasteiger partial charge < -0.3 is 15.4 Å². The molecule has 0 saturated heterocycles. The molecule has 0 aliphatic heterocycles. The van der Waals surface area contributed by atoms with Gasteiger partial charge in [0.25, 0.3) is 5.69 Å². The first-order chi connectivity index (χ1) is 17.9. The zero-order valence-corrected chi connectivity index (χ0v) is 21.5. The highest BCUT2D eigenvalue weighted by molar-refractivity contribution is 7.20. The molecule has 0 spiro atoms. The molecule has 0 saturated carbocycles. The molecule has 2 heterocycles. The molecule has 2 aromatic heterocycles. The van der Waals surface area contributed by atoms with Crippen LogP contribution in [0.4, 0.5) is 10.5 Å². The lowest BCUT2D eigenvalue weighted by Crippen LogP contribution is -2.49. The molecule has 0 aliphatic carbocycles. The monoisotopic (exact) mass is 536 g/mol. The normalized spacial score (nSPS) is 12.4. The van der Waals surface area contributed by atoms with E-state index in [-0.39, 0.29) is 12.1 Å². The van der Waals surface area contributed by atoms with Gasteiger partial charge in [-0.15, -0.1) is 22.7 Å². The fourth-order valence-corrected chi connectivity index (χ4v) is 5.40. The number of hydrogen-bond donors (Lipinski definition) is 2. The summed E-state index contributed by atoms with van der Waals surface area (Å²) in [6.45, 7) is 0. The van der Waals surface area contributed by atoms with E-state index in [4.69, 9.17) is 9.72 Å². The molecule has 0 aliphatic rings. The van der Waals surface area contributed by atoms with E-state index in [0.717, 1.165) is 21.0 Å². The summed E-state index contributed by atoms with van der Waals surface area (Å²) < 4.78 is 4.73. The number of amides is 2. The summed E-state index contributed by atoms with van der Waals surface area (Å²) in [6, 6.07) is 18.1. The molecule has 1 unspecified atom stereocenters. The maximum Gasteiger partial charge on any atom is 0.407 e. The fourth-order valence-electron chi connectivity index (χ4n) is 3.71. The Morgan fingerprint density at radius 2 is 1.70 bits per heavy atom. The van der Waals surface area contributed by atoms with Crippen LogP contribution in [-0.2, 0) is 22.4 Å². The van der Waals surface area contributed by atoms with E-state index in [1.165, 1.54) is 30.6 Å². The lowest BCUT2D eigenvalue weighted by atomic mass is 10.0. The molecule has 11 heteroatoms. The summed E-state index contributed by atoms with van der Waals surface area (Å²) in [5, 5.41) is 21.4. The average molecular weight is 537 g/mol. The minimum Gasteiger partial charge on any atom is -0.453 e. The first-order valence-electron chi connectivity index (χ1n) is 11.3. The van der Waals surface area contributed by atoms with Gasteiger partial charge in [-0.1, -0.05) is 48.5 Å². The van der Waals surface area contributed by atoms with Crippen molar-refractivity contribution in [2.45, 2.75) is 24.9 Å². The van der Waals surface area contributed by atoms with Gasteiger partial charge in [0.05, 0.1) is 28.6 Å². The van der Waals surface area contributed by atoms with Crippen molar-refractivity contribution in [2.75, 3.05) is 7.11 Å². The number of hydrogen-bond acceptors (Lipinski definition) is 8. The molecule has 2 aromatic carbocycles. The molecule has 2 atom stereocenters. The first kappa shape index (κ1) is 26.0. The van der Waals surface area contributed by atoms with Crippen LogP contribution in [0.3, 0.4) is 0 Å². The summed E-state index contributed by atoms with van der Waals surface area (Å²) in [4.78, 5) is 41.8. The number of ether oxygens (including phenoxy) is 1. The number of aromatic nitrogens is 1. The Morgan fingerprint density at radius 3 is 2.35 bits per heavy atom. The van der Waals surface area contributed by atoms with Crippen LogP contribution in [0.1, 0.15) is 22.9 Å². The van der Waals surface area contributed by atoms with Crippen LogP contribution in [0, 0.1) is 10.1 Å². The molecular weight excluding hydrogens is 512 g/mol. The predicted octanol–water partition coefficient (Wildman–Crippen LogP) is 5.15. The minimum atomic E-state index is -0.885. The third-order valence-corrected chi connectivity index (χ3v) is 7.49. The van der Waals surface area contributed by atoms with E-state index < -0.39 is 29.0 Å². The second kappa shape index (κ2) is 12.2. The van der Waals surface area contributed by atoms with Crippen molar-refractivity contribution in [2.24, 2.45) is 0 Å². The zero-order valence-electron chi connectivity index (χ0n) is 19.8. The summed E-state index contributed by atoms with van der Waals surface area (Å²) >= 11 is 3.05. The third kappa shape index (κ3) is 6.99. The number of thiazole rings is 1.